The third kappa shape index (κ3) is 4.85. The van der Waals surface area contributed by atoms with E-state index in [-0.39, 0.29) is 18.6 Å². The van der Waals surface area contributed by atoms with Crippen molar-refractivity contribution in [1.29, 1.82) is 5.26 Å². The van der Waals surface area contributed by atoms with Gasteiger partial charge in [-0.3, -0.25) is 9.69 Å². The Bertz CT molecular complexity index is 604. The van der Waals surface area contributed by atoms with E-state index in [0.717, 1.165) is 13.1 Å². The van der Waals surface area contributed by atoms with E-state index in [1.807, 2.05) is 6.07 Å². The molecule has 0 unspecified atom stereocenters. The van der Waals surface area contributed by atoms with Crippen molar-refractivity contribution in [1.82, 2.24) is 9.80 Å². The molecule has 1 aromatic rings. The summed E-state index contributed by atoms with van der Waals surface area (Å²) < 4.78 is 10.7. The zero-order valence-corrected chi connectivity index (χ0v) is 14.1. The van der Waals surface area contributed by atoms with Crippen LogP contribution in [0.4, 0.5) is 0 Å². The summed E-state index contributed by atoms with van der Waals surface area (Å²) in [5, 5.41) is 18.3. The molecule has 1 saturated heterocycles. The molecule has 2 rings (SSSR count). The van der Waals surface area contributed by atoms with Gasteiger partial charge >= 0.3 is 0 Å². The van der Waals surface area contributed by atoms with Gasteiger partial charge in [0.1, 0.15) is 0 Å². The third-order valence-corrected chi connectivity index (χ3v) is 3.89. The van der Waals surface area contributed by atoms with Gasteiger partial charge in [-0.1, -0.05) is 0 Å². The van der Waals surface area contributed by atoms with Crippen LogP contribution in [-0.4, -0.2) is 73.4 Å². The Morgan fingerprint density at radius 2 is 2.04 bits per heavy atom. The lowest BCUT2D eigenvalue weighted by atomic mass is 10.2. The first-order chi connectivity index (χ1) is 11.5. The van der Waals surface area contributed by atoms with E-state index in [1.54, 1.807) is 30.0 Å². The number of ether oxygens (including phenoxy) is 2. The fourth-order valence-corrected chi connectivity index (χ4v) is 2.64. The number of piperazine rings is 1. The molecule has 7 heteroatoms. The highest BCUT2D eigenvalue weighted by Crippen LogP contribution is 2.27. The number of amides is 1. The average molecular weight is 333 g/mol. The second-order valence-corrected chi connectivity index (χ2v) is 5.80. The van der Waals surface area contributed by atoms with Crippen molar-refractivity contribution >= 4 is 5.91 Å². The molecule has 1 heterocycles. The molecule has 0 aliphatic carbocycles. The van der Waals surface area contributed by atoms with Crippen LogP contribution in [0.2, 0.25) is 0 Å². The van der Waals surface area contributed by atoms with Gasteiger partial charge in [0.15, 0.2) is 18.1 Å². The number of nitrogens with zero attached hydrogens (tertiary/aromatic N) is 3. The minimum Gasteiger partial charge on any atom is -0.493 e. The number of carbonyl (C=O) groups is 1. The fraction of sp³-hybridized carbons (Fsp3) is 0.529. The second kappa shape index (κ2) is 8.52. The van der Waals surface area contributed by atoms with Crippen molar-refractivity contribution in [2.75, 3.05) is 46.4 Å². The van der Waals surface area contributed by atoms with Crippen molar-refractivity contribution in [3.8, 4) is 17.6 Å². The first kappa shape index (κ1) is 18.0. The molecule has 1 atom stereocenters. The lowest BCUT2D eigenvalue weighted by Gasteiger charge is -2.35. The number of methoxy groups -OCH3 is 1. The number of β-amino-alcohol motifs (C(OH)–C–C–N with tert-alkyl or cyclic N) is 1. The number of hydrogen-bond donors (Lipinski definition) is 1. The Morgan fingerprint density at radius 3 is 2.62 bits per heavy atom. The summed E-state index contributed by atoms with van der Waals surface area (Å²) in [5.41, 5.74) is 0.472. The summed E-state index contributed by atoms with van der Waals surface area (Å²) in [7, 11) is 1.49. The molecule has 0 bridgehead atoms. The minimum atomic E-state index is -0.362. The van der Waals surface area contributed by atoms with E-state index in [0.29, 0.717) is 36.7 Å². The van der Waals surface area contributed by atoms with Gasteiger partial charge in [-0.25, -0.2) is 0 Å². The van der Waals surface area contributed by atoms with Crippen molar-refractivity contribution in [2.24, 2.45) is 0 Å². The molecule has 1 amide bonds. The first-order valence-electron chi connectivity index (χ1n) is 7.92. The van der Waals surface area contributed by atoms with Gasteiger partial charge < -0.3 is 19.5 Å². The highest BCUT2D eigenvalue weighted by Gasteiger charge is 2.22. The predicted octanol–water partition coefficient (Wildman–Crippen LogP) is 0.471. The highest BCUT2D eigenvalue weighted by molar-refractivity contribution is 5.78. The molecule has 24 heavy (non-hydrogen) atoms. The molecule has 0 saturated carbocycles. The van der Waals surface area contributed by atoms with Crippen LogP contribution in [0, 0.1) is 11.3 Å². The lowest BCUT2D eigenvalue weighted by Crippen LogP contribution is -2.51. The van der Waals surface area contributed by atoms with Crippen LogP contribution in [-0.2, 0) is 4.79 Å². The number of carbonyl (C=O) groups excluding carboxylic acids is 1. The standard InChI is InChI=1S/C17H23N3O4/c1-13(21)11-19-5-7-20(8-6-19)17(22)12-24-15-4-3-14(10-18)9-16(15)23-2/h3-4,9,13,21H,5-8,11-12H2,1-2H3/t13-/m1/s1. The molecular weight excluding hydrogens is 310 g/mol. The highest BCUT2D eigenvalue weighted by atomic mass is 16.5. The number of aliphatic hydroxyl groups is 1. The maximum absolute atomic E-state index is 12.3. The number of nitriles is 1. The molecule has 130 valence electrons. The van der Waals surface area contributed by atoms with Gasteiger partial charge in [-0.05, 0) is 19.1 Å². The summed E-state index contributed by atoms with van der Waals surface area (Å²) in [4.78, 5) is 16.2. The van der Waals surface area contributed by atoms with Crippen molar-refractivity contribution in [2.45, 2.75) is 13.0 Å². The summed E-state index contributed by atoms with van der Waals surface area (Å²) in [5.74, 6) is 0.791. The lowest BCUT2D eigenvalue weighted by molar-refractivity contribution is -0.135. The molecule has 7 nitrogen and oxygen atoms in total. The first-order valence-corrected chi connectivity index (χ1v) is 7.92. The smallest absolute Gasteiger partial charge is 0.260 e. The van der Waals surface area contributed by atoms with Crippen molar-refractivity contribution in [3.63, 3.8) is 0 Å². The SMILES string of the molecule is COc1cc(C#N)ccc1OCC(=O)N1CCN(C[C@@H](C)O)CC1. The maximum atomic E-state index is 12.3. The van der Waals surface area contributed by atoms with Crippen LogP contribution in [0.3, 0.4) is 0 Å². The second-order valence-electron chi connectivity index (χ2n) is 5.80. The number of hydrogen-bond acceptors (Lipinski definition) is 6. The topological polar surface area (TPSA) is 86.0 Å². The van der Waals surface area contributed by atoms with Gasteiger partial charge in [0.2, 0.25) is 0 Å². The average Bonchev–Trinajstić information content (AvgIpc) is 2.59. The fourth-order valence-electron chi connectivity index (χ4n) is 2.64. The van der Waals surface area contributed by atoms with Gasteiger partial charge in [-0.2, -0.15) is 5.26 Å². The van der Waals surface area contributed by atoms with Gasteiger partial charge in [0.05, 0.1) is 24.8 Å². The quantitative estimate of drug-likeness (QED) is 0.814. The monoisotopic (exact) mass is 333 g/mol. The number of aliphatic hydroxyl groups excluding tert-OH is 1. The molecule has 1 aliphatic rings. The molecule has 0 aromatic heterocycles. The predicted molar refractivity (Wildman–Crippen MR) is 87.9 cm³/mol. The Kier molecular flexibility index (Phi) is 6.41. The minimum absolute atomic E-state index is 0.0708. The Morgan fingerprint density at radius 1 is 1.33 bits per heavy atom. The van der Waals surface area contributed by atoms with E-state index in [1.165, 1.54) is 7.11 Å². The molecule has 1 aliphatic heterocycles. The van der Waals surface area contributed by atoms with Crippen LogP contribution in [0.5, 0.6) is 11.5 Å². The zero-order valence-electron chi connectivity index (χ0n) is 14.1. The molecule has 0 spiro atoms. The van der Waals surface area contributed by atoms with E-state index >= 15 is 0 Å². The Balaban J connectivity index is 1.85. The summed E-state index contributed by atoms with van der Waals surface area (Å²) in [6.45, 7) is 5.06. The molecule has 1 fully saturated rings. The molecule has 1 N–H and O–H groups in total. The van der Waals surface area contributed by atoms with Crippen molar-refractivity contribution in [3.05, 3.63) is 23.8 Å². The summed E-state index contributed by atoms with van der Waals surface area (Å²) >= 11 is 0. The van der Waals surface area contributed by atoms with Crippen LogP contribution >= 0.6 is 0 Å². The van der Waals surface area contributed by atoms with Crippen molar-refractivity contribution < 1.29 is 19.4 Å². The largest absolute Gasteiger partial charge is 0.493 e. The number of rotatable bonds is 6. The van der Waals surface area contributed by atoms with Crippen LogP contribution in [0.25, 0.3) is 0 Å². The summed E-state index contributed by atoms with van der Waals surface area (Å²) in [6.07, 6.45) is -0.362. The normalized spacial score (nSPS) is 16.3. The van der Waals surface area contributed by atoms with Gasteiger partial charge in [-0.15, -0.1) is 0 Å². The van der Waals surface area contributed by atoms with Gasteiger partial charge in [0.25, 0.3) is 5.91 Å². The molecule has 0 radical (unpaired) electrons. The van der Waals surface area contributed by atoms with Gasteiger partial charge in [0, 0.05) is 38.8 Å². The van der Waals surface area contributed by atoms with Crippen LogP contribution < -0.4 is 9.47 Å². The summed E-state index contributed by atoms with van der Waals surface area (Å²) in [6, 6.07) is 6.86. The van der Waals surface area contributed by atoms with Crippen LogP contribution in [0.15, 0.2) is 18.2 Å². The van der Waals surface area contributed by atoms with E-state index < -0.39 is 0 Å². The Hall–Kier alpha value is -2.30. The van der Waals surface area contributed by atoms with E-state index in [2.05, 4.69) is 4.90 Å². The maximum Gasteiger partial charge on any atom is 0.260 e. The number of benzene rings is 1. The van der Waals surface area contributed by atoms with E-state index in [9.17, 15) is 9.90 Å². The van der Waals surface area contributed by atoms with E-state index in [4.69, 9.17) is 14.7 Å². The Labute approximate surface area is 142 Å². The zero-order chi connectivity index (χ0) is 17.5. The molecule has 1 aromatic carbocycles. The molecular formula is C17H23N3O4. The van der Waals surface area contributed by atoms with Crippen LogP contribution in [0.1, 0.15) is 12.5 Å². The third-order valence-electron chi connectivity index (χ3n) is 3.89.